The molecule has 1 aromatic heterocycles. The molecule has 3 rings (SSSR count). The van der Waals surface area contributed by atoms with E-state index in [1.165, 1.54) is 12.0 Å². The van der Waals surface area contributed by atoms with Crippen LogP contribution in [0.1, 0.15) is 63.3 Å². The van der Waals surface area contributed by atoms with Crippen molar-refractivity contribution in [2.75, 3.05) is 0 Å². The monoisotopic (exact) mass is 263 g/mol. The maximum absolute atomic E-state index is 9.60. The van der Waals surface area contributed by atoms with Crippen molar-refractivity contribution in [1.82, 2.24) is 5.32 Å². The van der Waals surface area contributed by atoms with Crippen LogP contribution in [0.4, 0.5) is 0 Å². The molecule has 3 nitrogen and oxygen atoms in total. The highest BCUT2D eigenvalue weighted by Crippen LogP contribution is 2.41. The Morgan fingerprint density at radius 2 is 2.00 bits per heavy atom. The number of hydrogen-bond acceptors (Lipinski definition) is 3. The van der Waals surface area contributed by atoms with Crippen LogP contribution < -0.4 is 5.32 Å². The van der Waals surface area contributed by atoms with E-state index < -0.39 is 0 Å². The largest absolute Gasteiger partial charge is 0.469 e. The fourth-order valence-corrected chi connectivity index (χ4v) is 3.65. The molecular formula is C16H25NO2. The van der Waals surface area contributed by atoms with Crippen LogP contribution in [0.2, 0.25) is 0 Å². The van der Waals surface area contributed by atoms with E-state index in [-0.39, 0.29) is 6.10 Å². The van der Waals surface area contributed by atoms with Crippen molar-refractivity contribution in [3.05, 3.63) is 23.7 Å². The smallest absolute Gasteiger partial charge is 0.109 e. The Kier molecular flexibility index (Phi) is 3.44. The van der Waals surface area contributed by atoms with Crippen molar-refractivity contribution in [2.24, 2.45) is 5.41 Å². The van der Waals surface area contributed by atoms with Gasteiger partial charge in [0.25, 0.3) is 0 Å². The highest BCUT2D eigenvalue weighted by atomic mass is 16.3. The van der Waals surface area contributed by atoms with E-state index in [1.54, 1.807) is 0 Å². The number of fused-ring (bicyclic) bond motifs is 1. The van der Waals surface area contributed by atoms with Gasteiger partial charge < -0.3 is 14.8 Å². The van der Waals surface area contributed by atoms with Gasteiger partial charge in [0.2, 0.25) is 0 Å². The second-order valence-corrected chi connectivity index (χ2v) is 7.07. The summed E-state index contributed by atoms with van der Waals surface area (Å²) in [4.78, 5) is 0. The summed E-state index contributed by atoms with van der Waals surface area (Å²) in [6.07, 6.45) is 8.00. The molecule has 0 aliphatic heterocycles. The van der Waals surface area contributed by atoms with E-state index >= 15 is 0 Å². The molecule has 1 atom stereocenters. The lowest BCUT2D eigenvalue weighted by Gasteiger charge is -2.38. The number of rotatable bonds is 2. The first kappa shape index (κ1) is 13.2. The second-order valence-electron chi connectivity index (χ2n) is 7.07. The molecule has 0 bridgehead atoms. The van der Waals surface area contributed by atoms with E-state index in [4.69, 9.17) is 4.42 Å². The highest BCUT2D eigenvalue weighted by Gasteiger charge is 2.35. The summed E-state index contributed by atoms with van der Waals surface area (Å²) >= 11 is 0. The van der Waals surface area contributed by atoms with Gasteiger partial charge >= 0.3 is 0 Å². The molecule has 1 fully saturated rings. The van der Waals surface area contributed by atoms with E-state index in [0.29, 0.717) is 17.5 Å². The van der Waals surface area contributed by atoms with Crippen LogP contribution in [0, 0.1) is 5.41 Å². The third-order valence-electron chi connectivity index (χ3n) is 4.68. The van der Waals surface area contributed by atoms with Crippen LogP contribution in [0.5, 0.6) is 0 Å². The Labute approximate surface area is 115 Å². The van der Waals surface area contributed by atoms with Gasteiger partial charge in [-0.25, -0.2) is 0 Å². The predicted molar refractivity (Wildman–Crippen MR) is 74.9 cm³/mol. The highest BCUT2D eigenvalue weighted by molar-refractivity contribution is 5.26. The summed E-state index contributed by atoms with van der Waals surface area (Å²) in [6.45, 7) is 4.63. The first-order chi connectivity index (χ1) is 9.03. The molecule has 0 saturated heterocycles. The van der Waals surface area contributed by atoms with Gasteiger partial charge in [-0.2, -0.15) is 0 Å². The molecule has 0 unspecified atom stereocenters. The topological polar surface area (TPSA) is 45.4 Å². The van der Waals surface area contributed by atoms with Crippen LogP contribution in [-0.4, -0.2) is 17.3 Å². The summed E-state index contributed by atoms with van der Waals surface area (Å²) in [7, 11) is 0. The SMILES string of the molecule is CC1(C)Cc2occc2[C@@H](NC2CCC(O)CC2)C1. The zero-order valence-corrected chi connectivity index (χ0v) is 12.0. The molecule has 0 radical (unpaired) electrons. The van der Waals surface area contributed by atoms with Gasteiger partial charge in [-0.05, 0) is 43.6 Å². The lowest BCUT2D eigenvalue weighted by molar-refractivity contribution is 0.110. The zero-order valence-electron chi connectivity index (χ0n) is 12.0. The van der Waals surface area contributed by atoms with Crippen LogP contribution in [0.25, 0.3) is 0 Å². The lowest BCUT2D eigenvalue weighted by atomic mass is 9.74. The molecule has 0 amide bonds. The number of aliphatic hydroxyl groups is 1. The molecule has 2 aliphatic rings. The van der Waals surface area contributed by atoms with Gasteiger partial charge in [0.05, 0.1) is 12.4 Å². The van der Waals surface area contributed by atoms with Crippen molar-refractivity contribution in [2.45, 2.75) is 70.6 Å². The normalized spacial score (nSPS) is 33.9. The van der Waals surface area contributed by atoms with Crippen molar-refractivity contribution in [3.63, 3.8) is 0 Å². The quantitative estimate of drug-likeness (QED) is 0.861. The Morgan fingerprint density at radius 1 is 1.26 bits per heavy atom. The standard InChI is InChI=1S/C16H25NO2/c1-16(2)9-14(13-7-8-19-15(13)10-16)17-11-3-5-12(18)6-4-11/h7-8,11-12,14,17-18H,3-6,9-10H2,1-2H3/t11?,12?,14-/m0/s1. The van der Waals surface area contributed by atoms with Crippen molar-refractivity contribution in [3.8, 4) is 0 Å². The molecule has 1 aromatic rings. The predicted octanol–water partition coefficient (Wildman–Crippen LogP) is 3.19. The Morgan fingerprint density at radius 3 is 2.74 bits per heavy atom. The minimum absolute atomic E-state index is 0.0784. The number of aliphatic hydroxyl groups excluding tert-OH is 1. The Hall–Kier alpha value is -0.800. The number of hydrogen-bond donors (Lipinski definition) is 2. The Balaban J connectivity index is 1.71. The summed E-state index contributed by atoms with van der Waals surface area (Å²) in [5.41, 5.74) is 1.65. The first-order valence-electron chi connectivity index (χ1n) is 7.54. The summed E-state index contributed by atoms with van der Waals surface area (Å²) in [5, 5.41) is 13.4. The van der Waals surface area contributed by atoms with Crippen LogP contribution in [0.3, 0.4) is 0 Å². The molecule has 3 heteroatoms. The average Bonchev–Trinajstić information content (AvgIpc) is 2.78. The van der Waals surface area contributed by atoms with Gasteiger partial charge in [-0.3, -0.25) is 0 Å². The number of nitrogens with one attached hydrogen (secondary N) is 1. The Bertz CT molecular complexity index is 430. The minimum Gasteiger partial charge on any atom is -0.469 e. The molecule has 19 heavy (non-hydrogen) atoms. The molecule has 0 aromatic carbocycles. The van der Waals surface area contributed by atoms with E-state index in [2.05, 4.69) is 25.2 Å². The summed E-state index contributed by atoms with van der Waals surface area (Å²) in [6, 6.07) is 3.09. The molecule has 1 heterocycles. The van der Waals surface area contributed by atoms with Crippen LogP contribution >= 0.6 is 0 Å². The van der Waals surface area contributed by atoms with Gasteiger partial charge in [-0.1, -0.05) is 13.8 Å². The first-order valence-corrected chi connectivity index (χ1v) is 7.54. The van der Waals surface area contributed by atoms with Crippen LogP contribution in [-0.2, 0) is 6.42 Å². The maximum atomic E-state index is 9.60. The van der Waals surface area contributed by atoms with E-state index in [0.717, 1.165) is 37.9 Å². The maximum Gasteiger partial charge on any atom is 0.109 e. The number of furan rings is 1. The molecular weight excluding hydrogens is 238 g/mol. The van der Waals surface area contributed by atoms with Crippen molar-refractivity contribution in [1.29, 1.82) is 0 Å². The minimum atomic E-state index is -0.0784. The summed E-state index contributed by atoms with van der Waals surface area (Å²) < 4.78 is 5.65. The molecule has 2 N–H and O–H groups in total. The summed E-state index contributed by atoms with van der Waals surface area (Å²) in [5.74, 6) is 1.16. The van der Waals surface area contributed by atoms with Crippen LogP contribution in [0.15, 0.2) is 16.7 Å². The van der Waals surface area contributed by atoms with Gasteiger partial charge in [-0.15, -0.1) is 0 Å². The molecule has 106 valence electrons. The van der Waals surface area contributed by atoms with Gasteiger partial charge in [0.15, 0.2) is 0 Å². The van der Waals surface area contributed by atoms with E-state index in [1.807, 2.05) is 6.26 Å². The fraction of sp³-hybridized carbons (Fsp3) is 0.750. The lowest BCUT2D eigenvalue weighted by Crippen LogP contribution is -2.40. The molecule has 2 aliphatic carbocycles. The molecule has 1 saturated carbocycles. The zero-order chi connectivity index (χ0) is 13.5. The van der Waals surface area contributed by atoms with E-state index in [9.17, 15) is 5.11 Å². The molecule has 0 spiro atoms. The fourth-order valence-electron chi connectivity index (χ4n) is 3.65. The third kappa shape index (κ3) is 2.87. The van der Waals surface area contributed by atoms with Gasteiger partial charge in [0, 0.05) is 24.1 Å². The average molecular weight is 263 g/mol. The van der Waals surface area contributed by atoms with Gasteiger partial charge in [0.1, 0.15) is 5.76 Å². The van der Waals surface area contributed by atoms with Crippen molar-refractivity contribution >= 4 is 0 Å². The third-order valence-corrected chi connectivity index (χ3v) is 4.68. The second kappa shape index (κ2) is 4.95. The van der Waals surface area contributed by atoms with Crippen molar-refractivity contribution < 1.29 is 9.52 Å².